The molecule has 5 nitrogen and oxygen atoms in total. The fraction of sp³-hybridized carbons (Fsp3) is 0.533. The van der Waals surface area contributed by atoms with Gasteiger partial charge in [0.1, 0.15) is 11.3 Å². The summed E-state index contributed by atoms with van der Waals surface area (Å²) in [6.45, 7) is 0.578. The zero-order valence-electron chi connectivity index (χ0n) is 11.8. The Morgan fingerprint density at radius 1 is 1.45 bits per heavy atom. The topological polar surface area (TPSA) is 84.6 Å². The molecule has 0 atom stereocenters. The number of methoxy groups -OCH3 is 1. The molecule has 4 N–H and O–H groups in total. The maximum Gasteiger partial charge on any atom is 0.257 e. The van der Waals surface area contributed by atoms with Crippen molar-refractivity contribution in [1.82, 2.24) is 5.32 Å². The van der Waals surface area contributed by atoms with Crippen LogP contribution in [0.15, 0.2) is 18.2 Å². The first-order valence-electron chi connectivity index (χ1n) is 6.93. The molecule has 0 unspecified atom stereocenters. The zero-order valence-corrected chi connectivity index (χ0v) is 11.8. The first-order valence-corrected chi connectivity index (χ1v) is 6.93. The highest BCUT2D eigenvalue weighted by Gasteiger charge is 2.33. The Kier molecular flexibility index (Phi) is 4.49. The number of hydrogen-bond acceptors (Lipinski definition) is 4. The van der Waals surface area contributed by atoms with Crippen LogP contribution in [-0.4, -0.2) is 31.3 Å². The number of ether oxygens (including phenoxy) is 1. The van der Waals surface area contributed by atoms with E-state index in [1.807, 2.05) is 0 Å². The highest BCUT2D eigenvalue weighted by Crippen LogP contribution is 2.37. The SMILES string of the molecule is COc1cccc(N)c1C(=O)NCC1(CO)CCCC1. The van der Waals surface area contributed by atoms with Gasteiger partial charge in [0.2, 0.25) is 0 Å². The highest BCUT2D eigenvalue weighted by molar-refractivity contribution is 6.01. The van der Waals surface area contributed by atoms with Crippen molar-refractivity contribution >= 4 is 11.6 Å². The van der Waals surface area contributed by atoms with Gasteiger partial charge in [-0.25, -0.2) is 0 Å². The van der Waals surface area contributed by atoms with Gasteiger partial charge in [0.15, 0.2) is 0 Å². The molecule has 1 aromatic rings. The molecule has 2 rings (SSSR count). The van der Waals surface area contributed by atoms with Crippen LogP contribution < -0.4 is 15.8 Å². The third-order valence-corrected chi connectivity index (χ3v) is 4.13. The van der Waals surface area contributed by atoms with Crippen molar-refractivity contribution in [2.75, 3.05) is 26.0 Å². The van der Waals surface area contributed by atoms with Gasteiger partial charge in [0, 0.05) is 17.6 Å². The standard InChI is InChI=1S/C15H22N2O3/c1-20-12-6-4-5-11(16)13(12)14(19)17-9-15(10-18)7-2-3-8-15/h4-6,18H,2-3,7-10,16H2,1H3,(H,17,19). The van der Waals surface area contributed by atoms with Gasteiger partial charge in [-0.05, 0) is 25.0 Å². The van der Waals surface area contributed by atoms with E-state index in [0.717, 1.165) is 25.7 Å². The highest BCUT2D eigenvalue weighted by atomic mass is 16.5. The van der Waals surface area contributed by atoms with E-state index in [-0.39, 0.29) is 17.9 Å². The van der Waals surface area contributed by atoms with Gasteiger partial charge in [-0.15, -0.1) is 0 Å². The first-order chi connectivity index (χ1) is 9.62. The van der Waals surface area contributed by atoms with Crippen LogP contribution in [0, 0.1) is 5.41 Å². The van der Waals surface area contributed by atoms with Crippen molar-refractivity contribution in [3.05, 3.63) is 23.8 Å². The van der Waals surface area contributed by atoms with E-state index in [2.05, 4.69) is 5.32 Å². The van der Waals surface area contributed by atoms with Crippen LogP contribution in [0.5, 0.6) is 5.75 Å². The minimum Gasteiger partial charge on any atom is -0.496 e. The van der Waals surface area contributed by atoms with Crippen molar-refractivity contribution in [2.45, 2.75) is 25.7 Å². The molecule has 1 aliphatic carbocycles. The predicted molar refractivity (Wildman–Crippen MR) is 77.7 cm³/mol. The summed E-state index contributed by atoms with van der Waals surface area (Å²) < 4.78 is 5.18. The fourth-order valence-corrected chi connectivity index (χ4v) is 2.83. The van der Waals surface area contributed by atoms with E-state index in [1.54, 1.807) is 18.2 Å². The van der Waals surface area contributed by atoms with Crippen molar-refractivity contribution in [2.24, 2.45) is 5.41 Å². The maximum absolute atomic E-state index is 12.3. The minimum absolute atomic E-state index is 0.106. The molecule has 0 saturated heterocycles. The van der Waals surface area contributed by atoms with Crippen molar-refractivity contribution in [1.29, 1.82) is 0 Å². The molecular weight excluding hydrogens is 256 g/mol. The van der Waals surface area contributed by atoms with Crippen LogP contribution in [-0.2, 0) is 0 Å². The minimum atomic E-state index is -0.250. The molecule has 1 aliphatic rings. The number of rotatable bonds is 5. The van der Waals surface area contributed by atoms with Crippen LogP contribution in [0.3, 0.4) is 0 Å². The molecular formula is C15H22N2O3. The largest absolute Gasteiger partial charge is 0.496 e. The van der Waals surface area contributed by atoms with E-state index in [9.17, 15) is 9.90 Å². The summed E-state index contributed by atoms with van der Waals surface area (Å²) in [4.78, 5) is 12.3. The molecule has 5 heteroatoms. The summed E-state index contributed by atoms with van der Waals surface area (Å²) in [5.41, 5.74) is 6.44. The second-order valence-corrected chi connectivity index (χ2v) is 5.47. The van der Waals surface area contributed by atoms with Crippen LogP contribution in [0.25, 0.3) is 0 Å². The van der Waals surface area contributed by atoms with Gasteiger partial charge in [0.05, 0.1) is 13.7 Å². The van der Waals surface area contributed by atoms with Gasteiger partial charge in [-0.2, -0.15) is 0 Å². The monoisotopic (exact) mass is 278 g/mol. The van der Waals surface area contributed by atoms with E-state index in [4.69, 9.17) is 10.5 Å². The fourth-order valence-electron chi connectivity index (χ4n) is 2.83. The van der Waals surface area contributed by atoms with Gasteiger partial charge in [-0.1, -0.05) is 18.9 Å². The number of carbonyl (C=O) groups is 1. The van der Waals surface area contributed by atoms with Gasteiger partial charge in [-0.3, -0.25) is 4.79 Å². The Balaban J connectivity index is 2.09. The average Bonchev–Trinajstić information content (AvgIpc) is 2.94. The molecule has 0 spiro atoms. The lowest BCUT2D eigenvalue weighted by molar-refractivity contribution is 0.0879. The Labute approximate surface area is 119 Å². The molecule has 20 heavy (non-hydrogen) atoms. The Morgan fingerprint density at radius 3 is 2.75 bits per heavy atom. The Morgan fingerprint density at radius 2 is 2.15 bits per heavy atom. The zero-order chi connectivity index (χ0) is 14.6. The van der Waals surface area contributed by atoms with E-state index >= 15 is 0 Å². The van der Waals surface area contributed by atoms with Crippen molar-refractivity contribution in [3.63, 3.8) is 0 Å². The lowest BCUT2D eigenvalue weighted by Crippen LogP contribution is -2.38. The van der Waals surface area contributed by atoms with Crippen molar-refractivity contribution < 1.29 is 14.6 Å². The lowest BCUT2D eigenvalue weighted by Gasteiger charge is -2.26. The third-order valence-electron chi connectivity index (χ3n) is 4.13. The molecule has 110 valence electrons. The van der Waals surface area contributed by atoms with Gasteiger partial charge in [0.25, 0.3) is 5.91 Å². The van der Waals surface area contributed by atoms with Gasteiger partial charge >= 0.3 is 0 Å². The molecule has 0 aliphatic heterocycles. The number of amides is 1. The molecule has 1 aromatic carbocycles. The van der Waals surface area contributed by atoms with E-state index < -0.39 is 0 Å². The second kappa shape index (κ2) is 6.13. The first kappa shape index (κ1) is 14.7. The molecule has 0 heterocycles. The van der Waals surface area contributed by atoms with E-state index in [0.29, 0.717) is 23.5 Å². The van der Waals surface area contributed by atoms with Crippen LogP contribution in [0.4, 0.5) is 5.69 Å². The smallest absolute Gasteiger partial charge is 0.257 e. The van der Waals surface area contributed by atoms with Crippen LogP contribution in [0.2, 0.25) is 0 Å². The molecule has 0 aromatic heterocycles. The number of aliphatic hydroxyl groups is 1. The number of aliphatic hydroxyl groups excluding tert-OH is 1. The molecule has 1 amide bonds. The number of nitrogen functional groups attached to an aromatic ring is 1. The van der Waals surface area contributed by atoms with Crippen molar-refractivity contribution in [3.8, 4) is 5.75 Å². The summed E-state index contributed by atoms with van der Waals surface area (Å²) in [5.74, 6) is 0.214. The molecule has 1 saturated carbocycles. The molecule has 0 bridgehead atoms. The number of anilines is 1. The summed E-state index contributed by atoms with van der Waals surface area (Å²) in [6, 6.07) is 5.13. The average molecular weight is 278 g/mol. The summed E-state index contributed by atoms with van der Waals surface area (Å²) in [5, 5.41) is 12.4. The van der Waals surface area contributed by atoms with Crippen LogP contribution in [0.1, 0.15) is 36.0 Å². The third kappa shape index (κ3) is 2.88. The maximum atomic E-state index is 12.3. The van der Waals surface area contributed by atoms with Gasteiger partial charge < -0.3 is 20.9 Å². The number of nitrogens with one attached hydrogen (secondary N) is 1. The summed E-state index contributed by atoms with van der Waals surface area (Å²) in [6.07, 6.45) is 4.11. The number of benzene rings is 1. The normalized spacial score (nSPS) is 16.9. The number of carbonyl (C=O) groups excluding carboxylic acids is 1. The molecule has 0 radical (unpaired) electrons. The molecule has 1 fully saturated rings. The lowest BCUT2D eigenvalue weighted by atomic mass is 9.87. The summed E-state index contributed by atoms with van der Waals surface area (Å²) in [7, 11) is 1.51. The quantitative estimate of drug-likeness (QED) is 0.714. The summed E-state index contributed by atoms with van der Waals surface area (Å²) >= 11 is 0. The van der Waals surface area contributed by atoms with E-state index in [1.165, 1.54) is 7.11 Å². The number of hydrogen-bond donors (Lipinski definition) is 3. The second-order valence-electron chi connectivity index (χ2n) is 5.47. The predicted octanol–water partition coefficient (Wildman–Crippen LogP) is 1.56. The Hall–Kier alpha value is -1.75. The Bertz CT molecular complexity index is 482. The van der Waals surface area contributed by atoms with Crippen LogP contribution >= 0.6 is 0 Å². The number of nitrogens with two attached hydrogens (primary N) is 1.